The molecule has 19 heavy (non-hydrogen) atoms. The van der Waals surface area contributed by atoms with Gasteiger partial charge in [-0.15, -0.1) is 0 Å². The van der Waals surface area contributed by atoms with Gasteiger partial charge in [-0.2, -0.15) is 0 Å². The van der Waals surface area contributed by atoms with E-state index < -0.39 is 0 Å². The minimum absolute atomic E-state index is 0.207. The van der Waals surface area contributed by atoms with Crippen molar-refractivity contribution in [2.45, 2.75) is 32.7 Å². The Hall–Kier alpha value is -1.20. The summed E-state index contributed by atoms with van der Waals surface area (Å²) in [5.41, 5.74) is 0.295. The first kappa shape index (κ1) is 15.9. The van der Waals surface area contributed by atoms with E-state index >= 15 is 0 Å². The highest BCUT2D eigenvalue weighted by Gasteiger charge is 2.07. The first-order valence-corrected chi connectivity index (χ1v) is 6.84. The largest absolute Gasteiger partial charge is 0.351 e. The third-order valence-electron chi connectivity index (χ3n) is 2.96. The van der Waals surface area contributed by atoms with Crippen molar-refractivity contribution in [3.8, 4) is 0 Å². The maximum Gasteiger partial charge on any atom is 0.271 e. The summed E-state index contributed by atoms with van der Waals surface area (Å²) in [4.78, 5) is 21.7. The number of unbranched alkanes of at least 4 members (excludes halogenated alkanes) is 1. The number of hydrogen-bond donors (Lipinski definition) is 1. The fourth-order valence-corrected chi connectivity index (χ4v) is 1.56. The van der Waals surface area contributed by atoms with E-state index in [9.17, 15) is 4.79 Å². The minimum Gasteiger partial charge on any atom is -0.351 e. The van der Waals surface area contributed by atoms with E-state index in [-0.39, 0.29) is 11.1 Å². The maximum atomic E-state index is 11.7. The molecule has 5 nitrogen and oxygen atoms in total. The Kier molecular flexibility index (Phi) is 6.73. The normalized spacial score (nSPS) is 11.1. The SMILES string of the molecule is CC(C)N(C)CCCCNC(=O)c1cnc(Cl)cn1. The quantitative estimate of drug-likeness (QED) is 0.778. The molecule has 1 aromatic rings. The van der Waals surface area contributed by atoms with Crippen LogP contribution in [0.2, 0.25) is 5.15 Å². The van der Waals surface area contributed by atoms with E-state index in [2.05, 4.69) is 41.1 Å². The second kappa shape index (κ2) is 8.07. The first-order chi connectivity index (χ1) is 9.00. The number of carbonyl (C=O) groups excluding carboxylic acids is 1. The van der Waals surface area contributed by atoms with Crippen molar-refractivity contribution in [1.82, 2.24) is 20.2 Å². The number of halogens is 1. The van der Waals surface area contributed by atoms with Crippen LogP contribution in [0.15, 0.2) is 12.4 Å². The van der Waals surface area contributed by atoms with Crippen LogP contribution < -0.4 is 5.32 Å². The molecular weight excluding hydrogens is 264 g/mol. The summed E-state index contributed by atoms with van der Waals surface area (Å²) in [5.74, 6) is -0.207. The van der Waals surface area contributed by atoms with Gasteiger partial charge in [0, 0.05) is 12.6 Å². The van der Waals surface area contributed by atoms with Crippen molar-refractivity contribution in [3.63, 3.8) is 0 Å². The highest BCUT2D eigenvalue weighted by molar-refractivity contribution is 6.29. The average molecular weight is 285 g/mol. The van der Waals surface area contributed by atoms with Gasteiger partial charge in [0.25, 0.3) is 5.91 Å². The van der Waals surface area contributed by atoms with E-state index in [1.165, 1.54) is 12.4 Å². The van der Waals surface area contributed by atoms with Gasteiger partial charge in [0.05, 0.1) is 12.4 Å². The third-order valence-corrected chi connectivity index (χ3v) is 3.15. The fourth-order valence-electron chi connectivity index (χ4n) is 1.47. The van der Waals surface area contributed by atoms with Crippen molar-refractivity contribution in [1.29, 1.82) is 0 Å². The molecule has 0 aliphatic carbocycles. The highest BCUT2D eigenvalue weighted by Crippen LogP contribution is 2.01. The molecule has 1 N–H and O–H groups in total. The Balaban J connectivity index is 2.19. The monoisotopic (exact) mass is 284 g/mol. The number of carbonyl (C=O) groups is 1. The van der Waals surface area contributed by atoms with Crippen LogP contribution >= 0.6 is 11.6 Å². The topological polar surface area (TPSA) is 58.1 Å². The lowest BCUT2D eigenvalue weighted by Crippen LogP contribution is -2.29. The van der Waals surface area contributed by atoms with Gasteiger partial charge in [-0.05, 0) is 40.3 Å². The molecule has 6 heteroatoms. The van der Waals surface area contributed by atoms with Crippen LogP contribution in [0.25, 0.3) is 0 Å². The summed E-state index contributed by atoms with van der Waals surface area (Å²) in [6, 6.07) is 0.555. The second-order valence-electron chi connectivity index (χ2n) is 4.76. The maximum absolute atomic E-state index is 11.7. The molecule has 0 bridgehead atoms. The standard InChI is InChI=1S/C13H21ClN4O/c1-10(2)18(3)7-5-4-6-15-13(19)11-8-17-12(14)9-16-11/h8-10H,4-7H2,1-3H3,(H,15,19). The van der Waals surface area contributed by atoms with E-state index in [1.807, 2.05) is 0 Å². The lowest BCUT2D eigenvalue weighted by atomic mass is 10.2. The molecule has 0 saturated heterocycles. The van der Waals surface area contributed by atoms with Crippen LogP contribution in [0.1, 0.15) is 37.2 Å². The molecule has 0 aliphatic rings. The smallest absolute Gasteiger partial charge is 0.271 e. The average Bonchev–Trinajstić information content (AvgIpc) is 2.38. The van der Waals surface area contributed by atoms with Gasteiger partial charge in [-0.25, -0.2) is 9.97 Å². The van der Waals surface area contributed by atoms with Crippen LogP contribution in [0.5, 0.6) is 0 Å². The Labute approximate surface area is 119 Å². The second-order valence-corrected chi connectivity index (χ2v) is 5.15. The van der Waals surface area contributed by atoms with Gasteiger partial charge in [0.1, 0.15) is 10.8 Å². The van der Waals surface area contributed by atoms with Crippen molar-refractivity contribution < 1.29 is 4.79 Å². The van der Waals surface area contributed by atoms with Crippen molar-refractivity contribution in [2.75, 3.05) is 20.1 Å². The van der Waals surface area contributed by atoms with Crippen LogP contribution in [0, 0.1) is 0 Å². The number of nitrogens with one attached hydrogen (secondary N) is 1. The summed E-state index contributed by atoms with van der Waals surface area (Å²) >= 11 is 5.61. The molecule has 0 unspecified atom stereocenters. The number of aromatic nitrogens is 2. The summed E-state index contributed by atoms with van der Waals surface area (Å²) in [6.07, 6.45) is 4.75. The van der Waals surface area contributed by atoms with Crippen molar-refractivity contribution in [3.05, 3.63) is 23.2 Å². The predicted molar refractivity (Wildman–Crippen MR) is 76.4 cm³/mol. The zero-order valence-electron chi connectivity index (χ0n) is 11.7. The molecule has 0 fully saturated rings. The molecule has 1 amide bonds. The number of hydrogen-bond acceptors (Lipinski definition) is 4. The number of rotatable bonds is 7. The molecule has 0 saturated carbocycles. The fraction of sp³-hybridized carbons (Fsp3) is 0.615. The predicted octanol–water partition coefficient (Wildman–Crippen LogP) is 1.98. The van der Waals surface area contributed by atoms with Gasteiger partial charge >= 0.3 is 0 Å². The van der Waals surface area contributed by atoms with Crippen molar-refractivity contribution in [2.24, 2.45) is 0 Å². The molecule has 1 rings (SSSR count). The Morgan fingerprint density at radius 3 is 2.68 bits per heavy atom. The summed E-state index contributed by atoms with van der Waals surface area (Å²) in [5, 5.41) is 3.10. The summed E-state index contributed by atoms with van der Waals surface area (Å²) in [6.45, 7) is 6.02. The Bertz CT molecular complexity index is 394. The molecule has 0 atom stereocenters. The molecule has 1 aromatic heterocycles. The van der Waals surface area contributed by atoms with Gasteiger partial charge in [0.2, 0.25) is 0 Å². The number of nitrogens with zero attached hydrogens (tertiary/aromatic N) is 3. The van der Waals surface area contributed by atoms with Gasteiger partial charge < -0.3 is 10.2 Å². The van der Waals surface area contributed by atoms with E-state index in [0.29, 0.717) is 18.3 Å². The highest BCUT2D eigenvalue weighted by atomic mass is 35.5. The molecule has 106 valence electrons. The van der Waals surface area contributed by atoms with Crippen LogP contribution in [-0.4, -0.2) is 47.0 Å². The van der Waals surface area contributed by atoms with Crippen molar-refractivity contribution >= 4 is 17.5 Å². The van der Waals surface area contributed by atoms with E-state index in [4.69, 9.17) is 11.6 Å². The van der Waals surface area contributed by atoms with E-state index in [0.717, 1.165) is 19.4 Å². The molecule has 0 aromatic carbocycles. The summed E-state index contributed by atoms with van der Waals surface area (Å²) in [7, 11) is 2.10. The van der Waals surface area contributed by atoms with Crippen LogP contribution in [0.3, 0.4) is 0 Å². The zero-order valence-corrected chi connectivity index (χ0v) is 12.4. The Morgan fingerprint density at radius 1 is 1.37 bits per heavy atom. The molecule has 0 radical (unpaired) electrons. The first-order valence-electron chi connectivity index (χ1n) is 6.46. The lowest BCUT2D eigenvalue weighted by Gasteiger charge is -2.20. The van der Waals surface area contributed by atoms with Crippen LogP contribution in [-0.2, 0) is 0 Å². The zero-order chi connectivity index (χ0) is 14.3. The minimum atomic E-state index is -0.207. The summed E-state index contributed by atoms with van der Waals surface area (Å²) < 4.78 is 0. The molecule has 0 aliphatic heterocycles. The molecule has 0 spiro atoms. The van der Waals surface area contributed by atoms with Gasteiger partial charge in [0.15, 0.2) is 0 Å². The molecular formula is C13H21ClN4O. The van der Waals surface area contributed by atoms with Gasteiger partial charge in [-0.3, -0.25) is 4.79 Å². The van der Waals surface area contributed by atoms with Crippen LogP contribution in [0.4, 0.5) is 0 Å². The Morgan fingerprint density at radius 2 is 2.11 bits per heavy atom. The molecule has 1 heterocycles. The van der Waals surface area contributed by atoms with Gasteiger partial charge in [-0.1, -0.05) is 11.6 Å². The lowest BCUT2D eigenvalue weighted by molar-refractivity contribution is 0.0947. The number of amides is 1. The van der Waals surface area contributed by atoms with E-state index in [1.54, 1.807) is 0 Å². The third kappa shape index (κ3) is 5.98.